The summed E-state index contributed by atoms with van der Waals surface area (Å²) in [5.41, 5.74) is -0.259. The van der Waals surface area contributed by atoms with Crippen molar-refractivity contribution < 1.29 is 14.0 Å². The molecule has 4 heteroatoms. The number of carbonyl (C=O) groups is 2. The Labute approximate surface area is 95.0 Å². The quantitative estimate of drug-likeness (QED) is 0.796. The zero-order valence-corrected chi connectivity index (χ0v) is 9.87. The standard InChI is InChI=1S/C12H17NO3/c1-12(2,3)13-11(15)7-6-9(14)10-5-4-8-16-10/h4-5,8H,6-7H2,1-3H3,(H,13,15). The van der Waals surface area contributed by atoms with Crippen LogP contribution in [0.2, 0.25) is 0 Å². The van der Waals surface area contributed by atoms with Crippen LogP contribution in [-0.2, 0) is 4.79 Å². The first kappa shape index (κ1) is 12.5. The van der Waals surface area contributed by atoms with E-state index in [1.807, 2.05) is 20.8 Å². The molecular weight excluding hydrogens is 206 g/mol. The van der Waals surface area contributed by atoms with Gasteiger partial charge in [0.05, 0.1) is 6.26 Å². The van der Waals surface area contributed by atoms with Crippen molar-refractivity contribution in [3.05, 3.63) is 24.2 Å². The number of furan rings is 1. The summed E-state index contributed by atoms with van der Waals surface area (Å²) in [4.78, 5) is 22.9. The van der Waals surface area contributed by atoms with Gasteiger partial charge in [0.2, 0.25) is 5.91 Å². The predicted octanol–water partition coefficient (Wildman–Crippen LogP) is 2.16. The van der Waals surface area contributed by atoms with E-state index in [2.05, 4.69) is 5.32 Å². The topological polar surface area (TPSA) is 59.3 Å². The fourth-order valence-electron chi connectivity index (χ4n) is 1.27. The highest BCUT2D eigenvalue weighted by Gasteiger charge is 2.16. The van der Waals surface area contributed by atoms with Gasteiger partial charge in [0.25, 0.3) is 0 Å². The van der Waals surface area contributed by atoms with Crippen molar-refractivity contribution in [3.63, 3.8) is 0 Å². The van der Waals surface area contributed by atoms with E-state index < -0.39 is 0 Å². The van der Waals surface area contributed by atoms with Crippen LogP contribution in [0.1, 0.15) is 44.2 Å². The minimum Gasteiger partial charge on any atom is -0.461 e. The van der Waals surface area contributed by atoms with Crippen LogP contribution in [0.3, 0.4) is 0 Å². The van der Waals surface area contributed by atoms with Crippen molar-refractivity contribution in [3.8, 4) is 0 Å². The van der Waals surface area contributed by atoms with Crippen molar-refractivity contribution >= 4 is 11.7 Å². The highest BCUT2D eigenvalue weighted by molar-refractivity contribution is 5.95. The minimum absolute atomic E-state index is 0.118. The summed E-state index contributed by atoms with van der Waals surface area (Å²) in [6.07, 6.45) is 1.81. The van der Waals surface area contributed by atoms with Crippen molar-refractivity contribution in [1.82, 2.24) is 5.32 Å². The molecule has 1 amide bonds. The SMILES string of the molecule is CC(C)(C)NC(=O)CCC(=O)c1ccco1. The first-order valence-corrected chi connectivity index (χ1v) is 5.26. The van der Waals surface area contributed by atoms with Gasteiger partial charge in [-0.25, -0.2) is 0 Å². The highest BCUT2D eigenvalue weighted by atomic mass is 16.3. The molecule has 0 fully saturated rings. The molecule has 16 heavy (non-hydrogen) atoms. The molecule has 1 N–H and O–H groups in total. The summed E-state index contributed by atoms with van der Waals surface area (Å²) < 4.78 is 4.95. The average molecular weight is 223 g/mol. The maximum Gasteiger partial charge on any atom is 0.220 e. The summed E-state index contributed by atoms with van der Waals surface area (Å²) in [5.74, 6) is 0.0463. The van der Waals surface area contributed by atoms with Crippen LogP contribution >= 0.6 is 0 Å². The Kier molecular flexibility index (Phi) is 3.88. The molecule has 1 rings (SSSR count). The Morgan fingerprint density at radius 1 is 1.31 bits per heavy atom. The van der Waals surface area contributed by atoms with Crippen molar-refractivity contribution in [2.75, 3.05) is 0 Å². The third-order valence-corrected chi connectivity index (χ3v) is 1.89. The lowest BCUT2D eigenvalue weighted by Gasteiger charge is -2.20. The lowest BCUT2D eigenvalue weighted by atomic mass is 10.1. The highest BCUT2D eigenvalue weighted by Crippen LogP contribution is 2.07. The van der Waals surface area contributed by atoms with Gasteiger partial charge < -0.3 is 9.73 Å². The number of nitrogens with one attached hydrogen (secondary N) is 1. The van der Waals surface area contributed by atoms with E-state index in [0.717, 1.165) is 0 Å². The van der Waals surface area contributed by atoms with Gasteiger partial charge in [0.1, 0.15) is 0 Å². The van der Waals surface area contributed by atoms with Crippen molar-refractivity contribution in [1.29, 1.82) is 0 Å². The average Bonchev–Trinajstić information content (AvgIpc) is 2.64. The van der Waals surface area contributed by atoms with Gasteiger partial charge in [0, 0.05) is 18.4 Å². The molecule has 4 nitrogen and oxygen atoms in total. The zero-order valence-electron chi connectivity index (χ0n) is 9.87. The lowest BCUT2D eigenvalue weighted by Crippen LogP contribution is -2.40. The van der Waals surface area contributed by atoms with E-state index in [4.69, 9.17) is 4.42 Å². The van der Waals surface area contributed by atoms with Crippen LogP contribution in [0.25, 0.3) is 0 Å². The van der Waals surface area contributed by atoms with E-state index in [1.165, 1.54) is 6.26 Å². The minimum atomic E-state index is -0.259. The molecule has 0 aliphatic heterocycles. The number of carbonyl (C=O) groups excluding carboxylic acids is 2. The molecule has 0 radical (unpaired) electrons. The van der Waals surface area contributed by atoms with Crippen molar-refractivity contribution in [2.24, 2.45) is 0 Å². The molecule has 0 bridgehead atoms. The van der Waals surface area contributed by atoms with E-state index in [0.29, 0.717) is 5.76 Å². The Bertz CT molecular complexity index is 360. The molecule has 0 aliphatic rings. The molecule has 0 saturated heterocycles. The second kappa shape index (κ2) is 4.96. The molecular formula is C12H17NO3. The summed E-state index contributed by atoms with van der Waals surface area (Å²) in [6, 6.07) is 3.26. The van der Waals surface area contributed by atoms with E-state index >= 15 is 0 Å². The molecule has 1 aromatic heterocycles. The maximum atomic E-state index is 11.5. The molecule has 0 spiro atoms. The molecule has 0 saturated carbocycles. The van der Waals surface area contributed by atoms with Crippen LogP contribution in [0, 0.1) is 0 Å². The smallest absolute Gasteiger partial charge is 0.220 e. The number of hydrogen-bond donors (Lipinski definition) is 1. The molecule has 0 aromatic carbocycles. The van der Waals surface area contributed by atoms with Gasteiger partial charge in [-0.3, -0.25) is 9.59 Å². The van der Waals surface area contributed by atoms with Crippen LogP contribution in [0.5, 0.6) is 0 Å². The van der Waals surface area contributed by atoms with Gasteiger partial charge in [-0.2, -0.15) is 0 Å². The van der Waals surface area contributed by atoms with E-state index in [9.17, 15) is 9.59 Å². The largest absolute Gasteiger partial charge is 0.461 e. The molecule has 88 valence electrons. The van der Waals surface area contributed by atoms with E-state index in [1.54, 1.807) is 12.1 Å². The van der Waals surface area contributed by atoms with Crippen LogP contribution in [-0.4, -0.2) is 17.2 Å². The number of amides is 1. The zero-order chi connectivity index (χ0) is 12.2. The molecule has 0 aliphatic carbocycles. The number of hydrogen-bond acceptors (Lipinski definition) is 3. The molecule has 1 aromatic rings. The van der Waals surface area contributed by atoms with E-state index in [-0.39, 0.29) is 30.1 Å². The molecule has 0 atom stereocenters. The van der Waals surface area contributed by atoms with Crippen LogP contribution in [0.15, 0.2) is 22.8 Å². The second-order valence-corrected chi connectivity index (χ2v) is 4.70. The Morgan fingerprint density at radius 2 is 2.00 bits per heavy atom. The van der Waals surface area contributed by atoms with Gasteiger partial charge in [-0.1, -0.05) is 0 Å². The van der Waals surface area contributed by atoms with Gasteiger partial charge in [-0.15, -0.1) is 0 Å². The Morgan fingerprint density at radius 3 is 2.50 bits per heavy atom. The Hall–Kier alpha value is -1.58. The van der Waals surface area contributed by atoms with Crippen LogP contribution < -0.4 is 5.32 Å². The molecule has 0 unspecified atom stereocenters. The van der Waals surface area contributed by atoms with Crippen molar-refractivity contribution in [2.45, 2.75) is 39.2 Å². The normalized spacial score (nSPS) is 11.2. The number of Topliss-reactive ketones (excluding diaryl/α,β-unsaturated/α-hetero) is 1. The predicted molar refractivity (Wildman–Crippen MR) is 60.2 cm³/mol. The Balaban J connectivity index is 2.35. The third-order valence-electron chi connectivity index (χ3n) is 1.89. The van der Waals surface area contributed by atoms with Gasteiger partial charge >= 0.3 is 0 Å². The fraction of sp³-hybridized carbons (Fsp3) is 0.500. The number of ketones is 1. The summed E-state index contributed by atoms with van der Waals surface area (Å²) in [6.45, 7) is 5.71. The lowest BCUT2D eigenvalue weighted by molar-refractivity contribution is -0.122. The monoisotopic (exact) mass is 223 g/mol. The number of rotatable bonds is 4. The fourth-order valence-corrected chi connectivity index (χ4v) is 1.27. The summed E-state index contributed by atoms with van der Waals surface area (Å²) in [5, 5.41) is 2.80. The summed E-state index contributed by atoms with van der Waals surface area (Å²) in [7, 11) is 0. The summed E-state index contributed by atoms with van der Waals surface area (Å²) >= 11 is 0. The third kappa shape index (κ3) is 4.29. The van der Waals surface area contributed by atoms with Crippen LogP contribution in [0.4, 0.5) is 0 Å². The maximum absolute atomic E-state index is 11.5. The van der Waals surface area contributed by atoms with Gasteiger partial charge in [-0.05, 0) is 32.9 Å². The first-order chi connectivity index (χ1) is 7.38. The van der Waals surface area contributed by atoms with Gasteiger partial charge in [0.15, 0.2) is 11.5 Å². The first-order valence-electron chi connectivity index (χ1n) is 5.26. The second-order valence-electron chi connectivity index (χ2n) is 4.70. The molecule has 1 heterocycles.